The quantitative estimate of drug-likeness (QED) is 0.268. The summed E-state index contributed by atoms with van der Waals surface area (Å²) in [6.45, 7) is -0.00649. The molecule has 0 spiro atoms. The first-order chi connectivity index (χ1) is 13.7. The maximum atomic E-state index is 13.6. The lowest BCUT2D eigenvalue weighted by atomic mass is 10.1. The van der Waals surface area contributed by atoms with Gasteiger partial charge in [-0.25, -0.2) is 22.5 Å². The Hall–Kier alpha value is -2.57. The van der Waals surface area contributed by atoms with Gasteiger partial charge in [-0.3, -0.25) is 0 Å². The van der Waals surface area contributed by atoms with Crippen LogP contribution in [0, 0.1) is 23.3 Å². The second-order valence-corrected chi connectivity index (χ2v) is 7.38. The van der Waals surface area contributed by atoms with Gasteiger partial charge >= 0.3 is 0 Å². The molecule has 0 aliphatic heterocycles. The van der Waals surface area contributed by atoms with Crippen LogP contribution in [0.3, 0.4) is 0 Å². The number of fused-ring (bicyclic) bond motifs is 1. The summed E-state index contributed by atoms with van der Waals surface area (Å²) in [5.74, 6) is -5.65. The fourth-order valence-electron chi connectivity index (χ4n) is 2.21. The molecule has 0 fully saturated rings. The van der Waals surface area contributed by atoms with Crippen LogP contribution in [0.15, 0.2) is 30.3 Å². The molecule has 1 aromatic heterocycles. The van der Waals surface area contributed by atoms with Crippen LogP contribution < -0.4 is 22.1 Å². The Morgan fingerprint density at radius 1 is 1.03 bits per heavy atom. The second-order valence-electron chi connectivity index (χ2n) is 5.47. The van der Waals surface area contributed by atoms with Crippen molar-refractivity contribution in [1.29, 1.82) is 0 Å². The Morgan fingerprint density at radius 3 is 2.21 bits per heavy atom. The summed E-state index contributed by atoms with van der Waals surface area (Å²) in [6, 6.07) is 7.71. The largest absolute Gasteiger partial charge is 0.377 e. The van der Waals surface area contributed by atoms with E-state index in [0.29, 0.717) is 5.13 Å². The van der Waals surface area contributed by atoms with Crippen molar-refractivity contribution in [3.05, 3.63) is 59.2 Å². The summed E-state index contributed by atoms with van der Waals surface area (Å²) in [4.78, 5) is 4.33. The van der Waals surface area contributed by atoms with E-state index in [-0.39, 0.29) is 29.3 Å². The number of thiazole rings is 1. The van der Waals surface area contributed by atoms with E-state index in [1.54, 1.807) is 0 Å². The van der Waals surface area contributed by atoms with E-state index in [1.807, 2.05) is 24.3 Å². The van der Waals surface area contributed by atoms with Crippen molar-refractivity contribution in [2.24, 2.45) is 11.5 Å². The number of hydrogen-bond donors (Lipinski definition) is 4. The van der Waals surface area contributed by atoms with Gasteiger partial charge in [-0.15, -0.1) is 0 Å². The molecule has 3 rings (SSSR count). The van der Waals surface area contributed by atoms with Crippen LogP contribution in [0.25, 0.3) is 10.2 Å². The maximum Gasteiger partial charge on any atom is 0.190 e. The van der Waals surface area contributed by atoms with E-state index < -0.39 is 28.8 Å². The normalized spacial score (nSPS) is 10.2. The third kappa shape index (κ3) is 6.48. The second kappa shape index (κ2) is 10.3. The van der Waals surface area contributed by atoms with Crippen LogP contribution in [0.2, 0.25) is 0 Å². The highest BCUT2D eigenvalue weighted by atomic mass is 32.1. The molecule has 0 bridgehead atoms. The summed E-state index contributed by atoms with van der Waals surface area (Å²) in [5.41, 5.74) is 9.40. The molecule has 0 radical (unpaired) electrons. The van der Waals surface area contributed by atoms with Crippen molar-refractivity contribution in [2.75, 3.05) is 11.9 Å². The van der Waals surface area contributed by atoms with Crippen molar-refractivity contribution in [3.8, 4) is 0 Å². The summed E-state index contributed by atoms with van der Waals surface area (Å²) in [6.07, 6.45) is -0.270. The lowest BCUT2D eigenvalue weighted by Gasteiger charge is -2.10. The van der Waals surface area contributed by atoms with Crippen LogP contribution >= 0.6 is 35.8 Å². The Kier molecular flexibility index (Phi) is 8.05. The van der Waals surface area contributed by atoms with Crippen LogP contribution in [-0.4, -0.2) is 21.8 Å². The first kappa shape index (κ1) is 22.7. The van der Waals surface area contributed by atoms with Gasteiger partial charge in [0.2, 0.25) is 0 Å². The highest BCUT2D eigenvalue weighted by Crippen LogP contribution is 2.25. The highest BCUT2D eigenvalue weighted by molar-refractivity contribution is 7.80. The number of hydrogen-bond acceptors (Lipinski definition) is 4. The fourth-order valence-corrected chi connectivity index (χ4v) is 3.34. The van der Waals surface area contributed by atoms with Crippen molar-refractivity contribution < 1.29 is 17.6 Å². The van der Waals surface area contributed by atoms with Crippen molar-refractivity contribution in [1.82, 2.24) is 10.3 Å². The van der Waals surface area contributed by atoms with Crippen molar-refractivity contribution in [2.45, 2.75) is 6.42 Å². The SMILES string of the molecule is Fc1cc(F)c(F)c(CCNC(=S)Nc2nc3ccccc3s2)c1F.NC(N)=S. The van der Waals surface area contributed by atoms with E-state index in [2.05, 4.69) is 39.3 Å². The van der Waals surface area contributed by atoms with E-state index in [1.165, 1.54) is 11.3 Å². The number of para-hydroxylation sites is 1. The number of anilines is 1. The predicted octanol–water partition coefficient (Wildman–Crippen LogP) is 3.57. The third-order valence-electron chi connectivity index (χ3n) is 3.38. The van der Waals surface area contributed by atoms with Gasteiger partial charge < -0.3 is 22.1 Å². The average Bonchev–Trinajstić information content (AvgIpc) is 3.04. The van der Waals surface area contributed by atoms with Crippen LogP contribution in [0.5, 0.6) is 0 Å². The van der Waals surface area contributed by atoms with Gasteiger partial charge in [0.25, 0.3) is 0 Å². The lowest BCUT2D eigenvalue weighted by molar-refractivity contribution is 0.438. The van der Waals surface area contributed by atoms with E-state index in [0.717, 1.165) is 10.2 Å². The van der Waals surface area contributed by atoms with Crippen LogP contribution in [0.1, 0.15) is 5.56 Å². The molecule has 3 aromatic rings. The minimum atomic E-state index is -1.43. The molecule has 0 aliphatic carbocycles. The molecule has 154 valence electrons. The standard InChI is InChI=1S/C16H11F4N3S2.CH4N2S/c17-9-7-10(18)14(20)8(13(9)19)5-6-21-15(24)23-16-22-11-3-1-2-4-12(11)25-16;2-1(3)4/h1-4,7H,5-6H2,(H2,21,22,23,24);(H4,2,3,4). The molecule has 5 nitrogen and oxygen atoms in total. The number of halogens is 4. The maximum absolute atomic E-state index is 13.6. The van der Waals surface area contributed by atoms with Crippen LogP contribution in [-0.2, 0) is 6.42 Å². The topological polar surface area (TPSA) is 89.0 Å². The molecule has 6 N–H and O–H groups in total. The molecule has 0 unspecified atom stereocenters. The molecule has 12 heteroatoms. The summed E-state index contributed by atoms with van der Waals surface area (Å²) in [5, 5.41) is 6.34. The first-order valence-electron chi connectivity index (χ1n) is 7.96. The summed E-state index contributed by atoms with van der Waals surface area (Å²) >= 11 is 10.6. The molecule has 29 heavy (non-hydrogen) atoms. The fraction of sp³-hybridized carbons (Fsp3) is 0.118. The minimum absolute atomic E-state index is 0.000000000000000222. The molecule has 0 saturated carbocycles. The molecule has 2 aromatic carbocycles. The molecule has 0 saturated heterocycles. The van der Waals surface area contributed by atoms with E-state index in [4.69, 9.17) is 12.2 Å². The van der Waals surface area contributed by atoms with Crippen LogP contribution in [0.4, 0.5) is 22.7 Å². The Bertz CT molecular complexity index is 978. The number of rotatable bonds is 4. The van der Waals surface area contributed by atoms with Crippen molar-refractivity contribution >= 4 is 61.3 Å². The molecule has 0 amide bonds. The summed E-state index contributed by atoms with van der Waals surface area (Å²) in [7, 11) is 0. The average molecular weight is 462 g/mol. The predicted molar refractivity (Wildman–Crippen MR) is 115 cm³/mol. The smallest absolute Gasteiger partial charge is 0.190 e. The van der Waals surface area contributed by atoms with Gasteiger partial charge in [-0.2, -0.15) is 0 Å². The Balaban J connectivity index is 0.000000687. The lowest BCUT2D eigenvalue weighted by Crippen LogP contribution is -2.30. The van der Waals surface area contributed by atoms with Gasteiger partial charge in [-0.05, 0) is 43.0 Å². The van der Waals surface area contributed by atoms with Gasteiger partial charge in [-0.1, -0.05) is 23.5 Å². The monoisotopic (exact) mass is 461 g/mol. The highest BCUT2D eigenvalue weighted by Gasteiger charge is 2.18. The number of thiocarbonyl (C=S) groups is 2. The first-order valence-corrected chi connectivity index (χ1v) is 9.59. The number of nitrogens with two attached hydrogens (primary N) is 2. The molecule has 0 atom stereocenters. The Morgan fingerprint density at radius 2 is 1.62 bits per heavy atom. The number of nitrogens with one attached hydrogen (secondary N) is 2. The van der Waals surface area contributed by atoms with Crippen molar-refractivity contribution in [3.63, 3.8) is 0 Å². The molecular weight excluding hydrogens is 446 g/mol. The van der Waals surface area contributed by atoms with E-state index in [9.17, 15) is 17.6 Å². The number of benzene rings is 2. The molecule has 0 aliphatic rings. The molecular formula is C17H15F4N5S3. The molecule has 1 heterocycles. The zero-order chi connectivity index (χ0) is 21.6. The Labute approximate surface area is 178 Å². The minimum Gasteiger partial charge on any atom is -0.377 e. The van der Waals surface area contributed by atoms with Gasteiger partial charge in [0.1, 0.15) is 0 Å². The van der Waals surface area contributed by atoms with Gasteiger partial charge in [0, 0.05) is 18.2 Å². The number of nitrogens with zero attached hydrogens (tertiary/aromatic N) is 1. The third-order valence-corrected chi connectivity index (χ3v) is 4.58. The zero-order valence-corrected chi connectivity index (χ0v) is 17.1. The van der Waals surface area contributed by atoms with E-state index >= 15 is 0 Å². The zero-order valence-electron chi connectivity index (χ0n) is 14.6. The van der Waals surface area contributed by atoms with Gasteiger partial charge in [0.15, 0.2) is 38.6 Å². The number of aromatic nitrogens is 1. The summed E-state index contributed by atoms with van der Waals surface area (Å²) < 4.78 is 54.4. The van der Waals surface area contributed by atoms with Gasteiger partial charge in [0.05, 0.1) is 10.2 Å².